The number of hydrogen-bond acceptors (Lipinski definition) is 5. The summed E-state index contributed by atoms with van der Waals surface area (Å²) < 4.78 is 6.73. The molecule has 0 atom stereocenters. The maximum absolute atomic E-state index is 12.8. The second-order valence-electron chi connectivity index (χ2n) is 6.30. The van der Waals surface area contributed by atoms with Crippen molar-refractivity contribution in [2.45, 2.75) is 13.3 Å². The highest BCUT2D eigenvalue weighted by Crippen LogP contribution is 2.26. The van der Waals surface area contributed by atoms with Crippen molar-refractivity contribution >= 4 is 34.9 Å². The van der Waals surface area contributed by atoms with Gasteiger partial charge in [-0.25, -0.2) is 4.98 Å². The van der Waals surface area contributed by atoms with Crippen LogP contribution >= 0.6 is 23.2 Å². The molecule has 0 aliphatic rings. The summed E-state index contributed by atoms with van der Waals surface area (Å²) in [6, 6.07) is 11.0. The molecule has 10 heteroatoms. The van der Waals surface area contributed by atoms with Crippen molar-refractivity contribution in [3.8, 4) is 17.4 Å². The zero-order valence-electron chi connectivity index (χ0n) is 15.6. The van der Waals surface area contributed by atoms with E-state index in [0.29, 0.717) is 28.6 Å². The molecule has 30 heavy (non-hydrogen) atoms. The van der Waals surface area contributed by atoms with Gasteiger partial charge in [0.1, 0.15) is 11.5 Å². The third kappa shape index (κ3) is 4.00. The van der Waals surface area contributed by atoms with E-state index in [4.69, 9.17) is 27.6 Å². The predicted octanol–water partition coefficient (Wildman–Crippen LogP) is 4.34. The molecule has 152 valence electrons. The molecular formula is C20H15Cl2N5O3. The number of aryl methyl sites for hydroxylation is 1. The summed E-state index contributed by atoms with van der Waals surface area (Å²) in [5.74, 6) is 0.408. The van der Waals surface area contributed by atoms with Crippen LogP contribution in [0.2, 0.25) is 10.0 Å². The van der Waals surface area contributed by atoms with Gasteiger partial charge in [0.2, 0.25) is 5.95 Å². The normalized spacial score (nSPS) is 10.9. The summed E-state index contributed by atoms with van der Waals surface area (Å²) in [7, 11) is 0. The topological polar surface area (TPSA) is 106 Å². The molecule has 0 saturated heterocycles. The van der Waals surface area contributed by atoms with Crippen molar-refractivity contribution in [2.75, 3.05) is 5.32 Å². The molecule has 0 aliphatic heterocycles. The monoisotopic (exact) mass is 443 g/mol. The lowest BCUT2D eigenvalue weighted by Crippen LogP contribution is -2.19. The lowest BCUT2D eigenvalue weighted by molar-refractivity contribution is 0.102. The van der Waals surface area contributed by atoms with Gasteiger partial charge in [0.15, 0.2) is 5.76 Å². The molecule has 0 aliphatic carbocycles. The molecule has 3 heterocycles. The van der Waals surface area contributed by atoms with Crippen LogP contribution in [0.1, 0.15) is 23.0 Å². The first-order chi connectivity index (χ1) is 14.4. The average Bonchev–Trinajstić information content (AvgIpc) is 3.39. The summed E-state index contributed by atoms with van der Waals surface area (Å²) in [6.45, 7) is 1.88. The molecule has 4 rings (SSSR count). The van der Waals surface area contributed by atoms with Gasteiger partial charge in [0, 0.05) is 22.8 Å². The Labute approximate surface area is 180 Å². The molecule has 0 unspecified atom stereocenters. The van der Waals surface area contributed by atoms with Gasteiger partial charge < -0.3 is 9.73 Å². The third-order valence-electron chi connectivity index (χ3n) is 4.24. The molecule has 8 nitrogen and oxygen atoms in total. The van der Waals surface area contributed by atoms with Gasteiger partial charge in [0.25, 0.3) is 11.5 Å². The number of furan rings is 1. The summed E-state index contributed by atoms with van der Waals surface area (Å²) in [4.78, 5) is 31.9. The number of amides is 1. The molecule has 1 aromatic carbocycles. The molecule has 1 amide bonds. The number of carbonyl (C=O) groups excluding carboxylic acids is 1. The SMILES string of the molecule is CCc1cc(=O)[nH]c(-n2nc(-c3ccco3)cc2NC(=O)c2cc(Cl)ccc2Cl)n1. The van der Waals surface area contributed by atoms with Crippen molar-refractivity contribution in [3.63, 3.8) is 0 Å². The van der Waals surface area contributed by atoms with Crippen LogP contribution in [0.15, 0.2) is 57.9 Å². The van der Waals surface area contributed by atoms with Gasteiger partial charge in [0.05, 0.1) is 16.8 Å². The van der Waals surface area contributed by atoms with Gasteiger partial charge in [-0.3, -0.25) is 14.6 Å². The number of nitrogens with one attached hydrogen (secondary N) is 2. The standard InChI is InChI=1S/C20H15Cl2N5O3/c1-2-12-9-18(28)25-20(23-12)27-17(10-15(26-27)16-4-3-7-30-16)24-19(29)13-8-11(21)5-6-14(13)22/h3-10H,2H2,1H3,(H,24,29)(H,23,25,28). The molecule has 0 fully saturated rings. The molecule has 4 aromatic rings. The van der Waals surface area contributed by atoms with Crippen LogP contribution in [0.3, 0.4) is 0 Å². The van der Waals surface area contributed by atoms with Crippen molar-refractivity contribution in [2.24, 2.45) is 0 Å². The van der Waals surface area contributed by atoms with E-state index in [1.807, 2.05) is 6.92 Å². The molecule has 0 spiro atoms. The fourth-order valence-corrected chi connectivity index (χ4v) is 3.18. The Morgan fingerprint density at radius 1 is 1.23 bits per heavy atom. The van der Waals surface area contributed by atoms with Gasteiger partial charge in [-0.1, -0.05) is 30.1 Å². The van der Waals surface area contributed by atoms with E-state index in [1.54, 1.807) is 24.3 Å². The number of halogens is 2. The van der Waals surface area contributed by atoms with Crippen LogP contribution in [0.25, 0.3) is 17.4 Å². The first-order valence-electron chi connectivity index (χ1n) is 8.95. The van der Waals surface area contributed by atoms with E-state index < -0.39 is 5.91 Å². The molecular weight excluding hydrogens is 429 g/mol. The molecule has 0 bridgehead atoms. The number of aromatic nitrogens is 4. The lowest BCUT2D eigenvalue weighted by atomic mass is 10.2. The molecule has 3 aromatic heterocycles. The Morgan fingerprint density at radius 2 is 2.07 bits per heavy atom. The highest BCUT2D eigenvalue weighted by Gasteiger charge is 2.19. The van der Waals surface area contributed by atoms with Crippen molar-refractivity contribution in [1.29, 1.82) is 0 Å². The molecule has 0 radical (unpaired) electrons. The largest absolute Gasteiger partial charge is 0.463 e. The quantitative estimate of drug-likeness (QED) is 0.477. The van der Waals surface area contributed by atoms with Gasteiger partial charge >= 0.3 is 0 Å². The number of aromatic amines is 1. The number of nitrogens with zero attached hydrogens (tertiary/aromatic N) is 3. The minimum Gasteiger partial charge on any atom is -0.463 e. The Morgan fingerprint density at radius 3 is 2.80 bits per heavy atom. The van der Waals surface area contributed by atoms with Crippen molar-refractivity contribution in [1.82, 2.24) is 19.7 Å². The van der Waals surface area contributed by atoms with Crippen LogP contribution in [-0.4, -0.2) is 25.7 Å². The summed E-state index contributed by atoms with van der Waals surface area (Å²) >= 11 is 12.1. The number of benzene rings is 1. The highest BCUT2D eigenvalue weighted by molar-refractivity contribution is 6.36. The smallest absolute Gasteiger partial charge is 0.258 e. The Bertz CT molecular complexity index is 1280. The van der Waals surface area contributed by atoms with Gasteiger partial charge in [-0.05, 0) is 36.8 Å². The number of rotatable bonds is 5. The fraction of sp³-hybridized carbons (Fsp3) is 0.100. The van der Waals surface area contributed by atoms with E-state index in [2.05, 4.69) is 20.4 Å². The van der Waals surface area contributed by atoms with Gasteiger partial charge in [-0.2, -0.15) is 9.78 Å². The number of anilines is 1. The van der Waals surface area contributed by atoms with Crippen LogP contribution in [0, 0.1) is 0 Å². The van der Waals surface area contributed by atoms with Crippen LogP contribution < -0.4 is 10.9 Å². The van der Waals surface area contributed by atoms with Gasteiger partial charge in [-0.15, -0.1) is 0 Å². The number of hydrogen-bond donors (Lipinski definition) is 2. The maximum atomic E-state index is 12.8. The summed E-state index contributed by atoms with van der Waals surface area (Å²) in [5, 5.41) is 7.81. The third-order valence-corrected chi connectivity index (χ3v) is 4.81. The minimum absolute atomic E-state index is 0.157. The van der Waals surface area contributed by atoms with Crippen molar-refractivity contribution < 1.29 is 9.21 Å². The minimum atomic E-state index is -0.497. The van der Waals surface area contributed by atoms with Crippen LogP contribution in [0.4, 0.5) is 5.82 Å². The first kappa shape index (κ1) is 19.9. The summed E-state index contributed by atoms with van der Waals surface area (Å²) in [6.07, 6.45) is 2.07. The van der Waals surface area contributed by atoms with E-state index in [9.17, 15) is 9.59 Å². The predicted molar refractivity (Wildman–Crippen MR) is 113 cm³/mol. The van der Waals surface area contributed by atoms with E-state index in [-0.39, 0.29) is 27.9 Å². The van der Waals surface area contributed by atoms with Crippen LogP contribution in [-0.2, 0) is 6.42 Å². The van der Waals surface area contributed by atoms with E-state index >= 15 is 0 Å². The zero-order chi connectivity index (χ0) is 21.3. The fourth-order valence-electron chi connectivity index (χ4n) is 2.81. The molecule has 0 saturated carbocycles. The Balaban J connectivity index is 1.80. The number of H-pyrrole nitrogens is 1. The Kier molecular flexibility index (Phi) is 5.43. The second-order valence-corrected chi connectivity index (χ2v) is 7.14. The first-order valence-corrected chi connectivity index (χ1v) is 9.71. The second kappa shape index (κ2) is 8.17. The molecule has 2 N–H and O–H groups in total. The van der Waals surface area contributed by atoms with Crippen molar-refractivity contribution in [3.05, 3.63) is 80.4 Å². The van der Waals surface area contributed by atoms with E-state index in [0.717, 1.165) is 0 Å². The van der Waals surface area contributed by atoms with E-state index in [1.165, 1.54) is 29.1 Å². The highest BCUT2D eigenvalue weighted by atomic mass is 35.5. The number of carbonyl (C=O) groups is 1. The summed E-state index contributed by atoms with van der Waals surface area (Å²) in [5.41, 5.74) is 0.887. The Hall–Kier alpha value is -3.36. The van der Waals surface area contributed by atoms with Crippen LogP contribution in [0.5, 0.6) is 0 Å². The lowest BCUT2D eigenvalue weighted by Gasteiger charge is -2.10. The maximum Gasteiger partial charge on any atom is 0.258 e. The zero-order valence-corrected chi connectivity index (χ0v) is 17.2. The average molecular weight is 444 g/mol.